The highest BCUT2D eigenvalue weighted by molar-refractivity contribution is 5.92. The largest absolute Gasteiger partial charge is 0.389 e. The van der Waals surface area contributed by atoms with Gasteiger partial charge in [-0.05, 0) is 36.5 Å². The van der Waals surface area contributed by atoms with Gasteiger partial charge in [-0.1, -0.05) is 31.9 Å². The van der Waals surface area contributed by atoms with E-state index in [9.17, 15) is 9.90 Å². The monoisotopic (exact) mass is 276 g/mol. The van der Waals surface area contributed by atoms with E-state index >= 15 is 0 Å². The molecule has 0 heterocycles. The number of hydrogen-bond acceptors (Lipinski definition) is 3. The summed E-state index contributed by atoms with van der Waals surface area (Å²) >= 11 is 0. The first-order valence-corrected chi connectivity index (χ1v) is 7.30. The van der Waals surface area contributed by atoms with Crippen molar-refractivity contribution in [1.29, 1.82) is 0 Å². The van der Waals surface area contributed by atoms with E-state index in [4.69, 9.17) is 5.73 Å². The molecule has 0 aliphatic heterocycles. The molecule has 20 heavy (non-hydrogen) atoms. The van der Waals surface area contributed by atoms with Gasteiger partial charge >= 0.3 is 0 Å². The number of primary amides is 1. The summed E-state index contributed by atoms with van der Waals surface area (Å²) in [6.07, 6.45) is 4.03. The maximum absolute atomic E-state index is 11.1. The van der Waals surface area contributed by atoms with Crippen molar-refractivity contribution >= 4 is 5.91 Å². The van der Waals surface area contributed by atoms with Crippen LogP contribution >= 0.6 is 0 Å². The average molecular weight is 276 g/mol. The van der Waals surface area contributed by atoms with Crippen molar-refractivity contribution < 1.29 is 9.90 Å². The van der Waals surface area contributed by atoms with Crippen LogP contribution in [0, 0.1) is 5.92 Å². The minimum Gasteiger partial charge on any atom is -0.389 e. The van der Waals surface area contributed by atoms with Gasteiger partial charge in [0.15, 0.2) is 0 Å². The van der Waals surface area contributed by atoms with Crippen LogP contribution in [0.1, 0.15) is 48.5 Å². The average Bonchev–Trinajstić information content (AvgIpc) is 2.38. The summed E-state index contributed by atoms with van der Waals surface area (Å²) in [5, 5.41) is 13.8. The van der Waals surface area contributed by atoms with Crippen molar-refractivity contribution in [2.75, 3.05) is 6.54 Å². The smallest absolute Gasteiger partial charge is 0.248 e. The fourth-order valence-corrected chi connectivity index (χ4v) is 3.07. The Bertz CT molecular complexity index is 475. The summed E-state index contributed by atoms with van der Waals surface area (Å²) in [7, 11) is 0. The minimum atomic E-state index is -0.584. The number of amides is 1. The Hall–Kier alpha value is -1.39. The van der Waals surface area contributed by atoms with Gasteiger partial charge in [0.05, 0.1) is 5.60 Å². The van der Waals surface area contributed by atoms with Crippen molar-refractivity contribution in [3.05, 3.63) is 35.4 Å². The quantitative estimate of drug-likeness (QED) is 0.768. The van der Waals surface area contributed by atoms with Gasteiger partial charge in [-0.15, -0.1) is 0 Å². The van der Waals surface area contributed by atoms with E-state index < -0.39 is 11.5 Å². The van der Waals surface area contributed by atoms with Crippen LogP contribution in [0.15, 0.2) is 24.3 Å². The molecule has 1 aromatic carbocycles. The standard InChI is InChI=1S/C16H24N2O2/c1-12-4-3-7-16(20,9-12)11-18-10-13-5-2-6-14(8-13)15(17)19/h2,5-6,8,12,18,20H,3-4,7,9-11H2,1H3,(H2,17,19). The van der Waals surface area contributed by atoms with E-state index in [-0.39, 0.29) is 0 Å². The van der Waals surface area contributed by atoms with Crippen LogP contribution in [0.2, 0.25) is 0 Å². The van der Waals surface area contributed by atoms with Gasteiger partial charge in [-0.3, -0.25) is 4.79 Å². The summed E-state index contributed by atoms with van der Waals surface area (Å²) in [5.74, 6) is 0.181. The highest BCUT2D eigenvalue weighted by Gasteiger charge is 2.31. The lowest BCUT2D eigenvalue weighted by atomic mass is 9.79. The second-order valence-corrected chi connectivity index (χ2v) is 6.09. The van der Waals surface area contributed by atoms with Gasteiger partial charge in [0.1, 0.15) is 0 Å². The molecule has 2 rings (SSSR count). The third-order valence-electron chi connectivity index (χ3n) is 4.06. The molecule has 1 amide bonds. The van der Waals surface area contributed by atoms with Crippen molar-refractivity contribution in [2.24, 2.45) is 11.7 Å². The second-order valence-electron chi connectivity index (χ2n) is 6.09. The molecule has 2 unspecified atom stereocenters. The fraction of sp³-hybridized carbons (Fsp3) is 0.562. The molecule has 2 atom stereocenters. The molecule has 4 nitrogen and oxygen atoms in total. The zero-order chi connectivity index (χ0) is 14.6. The Morgan fingerprint density at radius 2 is 2.35 bits per heavy atom. The number of rotatable bonds is 5. The van der Waals surface area contributed by atoms with E-state index in [1.54, 1.807) is 12.1 Å². The predicted octanol–water partition coefficient (Wildman–Crippen LogP) is 1.82. The number of carbonyl (C=O) groups is 1. The molecule has 0 saturated heterocycles. The maximum Gasteiger partial charge on any atom is 0.248 e. The molecule has 0 bridgehead atoms. The van der Waals surface area contributed by atoms with E-state index in [2.05, 4.69) is 12.2 Å². The van der Waals surface area contributed by atoms with Gasteiger partial charge in [-0.25, -0.2) is 0 Å². The van der Waals surface area contributed by atoms with Crippen LogP contribution in [0.25, 0.3) is 0 Å². The Morgan fingerprint density at radius 1 is 1.55 bits per heavy atom. The van der Waals surface area contributed by atoms with Crippen LogP contribution in [0.5, 0.6) is 0 Å². The second kappa shape index (κ2) is 6.37. The van der Waals surface area contributed by atoms with Crippen molar-refractivity contribution in [3.8, 4) is 0 Å². The molecular weight excluding hydrogens is 252 g/mol. The van der Waals surface area contributed by atoms with Gasteiger partial charge in [0, 0.05) is 18.7 Å². The highest BCUT2D eigenvalue weighted by Crippen LogP contribution is 2.31. The van der Waals surface area contributed by atoms with Gasteiger partial charge in [0.2, 0.25) is 5.91 Å². The molecule has 1 saturated carbocycles. The van der Waals surface area contributed by atoms with Crippen LogP contribution in [0.3, 0.4) is 0 Å². The van der Waals surface area contributed by atoms with Crippen LogP contribution in [-0.2, 0) is 6.54 Å². The SMILES string of the molecule is CC1CCCC(O)(CNCc2cccc(C(N)=O)c2)C1. The number of nitrogens with one attached hydrogen (secondary N) is 1. The molecule has 4 N–H and O–H groups in total. The lowest BCUT2D eigenvalue weighted by Gasteiger charge is -2.35. The first-order valence-electron chi connectivity index (χ1n) is 7.30. The number of hydrogen-bond donors (Lipinski definition) is 3. The van der Waals surface area contributed by atoms with E-state index in [1.165, 1.54) is 6.42 Å². The van der Waals surface area contributed by atoms with E-state index in [0.29, 0.717) is 24.6 Å². The zero-order valence-electron chi connectivity index (χ0n) is 12.1. The normalized spacial score (nSPS) is 26.4. The van der Waals surface area contributed by atoms with Crippen LogP contribution in [0.4, 0.5) is 0 Å². The van der Waals surface area contributed by atoms with E-state index in [1.807, 2.05) is 12.1 Å². The number of nitrogens with two attached hydrogens (primary N) is 1. The number of aliphatic hydroxyl groups is 1. The Labute approximate surface area is 120 Å². The summed E-state index contributed by atoms with van der Waals surface area (Å²) in [6, 6.07) is 7.28. The number of carbonyl (C=O) groups excluding carboxylic acids is 1. The summed E-state index contributed by atoms with van der Waals surface area (Å²) in [6.45, 7) is 3.43. The molecule has 110 valence electrons. The summed E-state index contributed by atoms with van der Waals surface area (Å²) < 4.78 is 0. The molecule has 1 aromatic rings. The Kier molecular flexibility index (Phi) is 4.78. The number of benzene rings is 1. The minimum absolute atomic E-state index is 0.411. The lowest BCUT2D eigenvalue weighted by Crippen LogP contribution is -2.43. The molecule has 4 heteroatoms. The topological polar surface area (TPSA) is 75.3 Å². The van der Waals surface area contributed by atoms with Crippen molar-refractivity contribution in [1.82, 2.24) is 5.32 Å². The highest BCUT2D eigenvalue weighted by atomic mass is 16.3. The molecule has 1 aliphatic carbocycles. The predicted molar refractivity (Wildman–Crippen MR) is 79.2 cm³/mol. The Balaban J connectivity index is 1.86. The molecular formula is C16H24N2O2. The molecule has 0 aromatic heterocycles. The van der Waals surface area contributed by atoms with Crippen LogP contribution < -0.4 is 11.1 Å². The third kappa shape index (κ3) is 4.05. The van der Waals surface area contributed by atoms with Gasteiger partial charge in [-0.2, -0.15) is 0 Å². The van der Waals surface area contributed by atoms with Crippen molar-refractivity contribution in [2.45, 2.75) is 44.8 Å². The molecule has 0 spiro atoms. The molecule has 0 radical (unpaired) electrons. The zero-order valence-corrected chi connectivity index (χ0v) is 12.1. The maximum atomic E-state index is 11.1. The third-order valence-corrected chi connectivity index (χ3v) is 4.06. The lowest BCUT2D eigenvalue weighted by molar-refractivity contribution is -0.0119. The molecule has 1 aliphatic rings. The molecule has 1 fully saturated rings. The summed E-state index contributed by atoms with van der Waals surface area (Å²) in [4.78, 5) is 11.1. The Morgan fingerprint density at radius 3 is 3.05 bits per heavy atom. The van der Waals surface area contributed by atoms with Gasteiger partial charge < -0.3 is 16.2 Å². The van der Waals surface area contributed by atoms with E-state index in [0.717, 1.165) is 24.8 Å². The van der Waals surface area contributed by atoms with Gasteiger partial charge in [0.25, 0.3) is 0 Å². The summed E-state index contributed by atoms with van der Waals surface area (Å²) in [5.41, 5.74) is 6.21. The van der Waals surface area contributed by atoms with Crippen LogP contribution in [-0.4, -0.2) is 23.2 Å². The fourth-order valence-electron chi connectivity index (χ4n) is 3.07. The first kappa shape index (κ1) is 15.0. The van der Waals surface area contributed by atoms with Crippen molar-refractivity contribution in [3.63, 3.8) is 0 Å². The first-order chi connectivity index (χ1) is 9.48.